The van der Waals surface area contributed by atoms with E-state index in [-0.39, 0.29) is 0 Å². The summed E-state index contributed by atoms with van der Waals surface area (Å²) in [5, 5.41) is 4.34. The van der Waals surface area contributed by atoms with Crippen molar-refractivity contribution in [3.63, 3.8) is 0 Å². The Hall–Kier alpha value is -2.03. The summed E-state index contributed by atoms with van der Waals surface area (Å²) in [4.78, 5) is 0. The number of hydrogen-bond donors (Lipinski definition) is 1. The molecule has 0 aliphatic carbocycles. The maximum Gasteiger partial charge on any atom is 0.152 e. The van der Waals surface area contributed by atoms with E-state index in [9.17, 15) is 0 Å². The van der Waals surface area contributed by atoms with Gasteiger partial charge in [-0.1, -0.05) is 17.7 Å². The Morgan fingerprint density at radius 1 is 1.11 bits per heavy atom. The number of rotatable bonds is 3. The first-order valence-corrected chi connectivity index (χ1v) is 6.00. The number of benzene rings is 1. The predicted octanol–water partition coefficient (Wildman–Crippen LogP) is 4.04. The van der Waals surface area contributed by atoms with Crippen LogP contribution in [-0.2, 0) is 0 Å². The minimum absolute atomic E-state index is 0.840. The Kier molecular flexibility index (Phi) is 3.51. The van der Waals surface area contributed by atoms with Gasteiger partial charge in [-0.15, -0.1) is 0 Å². The van der Waals surface area contributed by atoms with Crippen LogP contribution >= 0.6 is 0 Å². The van der Waals surface area contributed by atoms with Crippen molar-refractivity contribution in [2.24, 2.45) is 5.10 Å². The number of furan rings is 1. The molecular weight excluding hydrogens is 224 g/mol. The molecule has 0 aliphatic rings. The zero-order chi connectivity index (χ0) is 13.1. The average Bonchev–Trinajstić information content (AvgIpc) is 2.67. The van der Waals surface area contributed by atoms with Gasteiger partial charge in [0.1, 0.15) is 11.5 Å². The topological polar surface area (TPSA) is 37.5 Å². The highest BCUT2D eigenvalue weighted by atomic mass is 16.3. The zero-order valence-electron chi connectivity index (χ0n) is 11.2. The van der Waals surface area contributed by atoms with Crippen LogP contribution in [-0.4, -0.2) is 5.71 Å². The van der Waals surface area contributed by atoms with Crippen LogP contribution in [0.25, 0.3) is 0 Å². The lowest BCUT2D eigenvalue weighted by Crippen LogP contribution is -1.99. The molecule has 3 heteroatoms. The van der Waals surface area contributed by atoms with Crippen molar-refractivity contribution in [1.29, 1.82) is 0 Å². The number of nitrogens with one attached hydrogen (secondary N) is 1. The van der Waals surface area contributed by atoms with E-state index in [0.29, 0.717) is 0 Å². The maximum absolute atomic E-state index is 5.61. The van der Waals surface area contributed by atoms with Crippen molar-refractivity contribution >= 4 is 11.4 Å². The van der Waals surface area contributed by atoms with Crippen molar-refractivity contribution in [2.45, 2.75) is 27.7 Å². The molecule has 1 heterocycles. The van der Waals surface area contributed by atoms with E-state index in [2.05, 4.69) is 29.6 Å². The fourth-order valence-corrected chi connectivity index (χ4v) is 1.83. The van der Waals surface area contributed by atoms with Gasteiger partial charge >= 0.3 is 0 Å². The normalized spacial score (nSPS) is 11.7. The third kappa shape index (κ3) is 2.80. The van der Waals surface area contributed by atoms with Crippen LogP contribution in [0.2, 0.25) is 0 Å². The Morgan fingerprint density at radius 3 is 2.33 bits per heavy atom. The molecule has 0 unspecified atom stereocenters. The molecule has 0 aliphatic heterocycles. The lowest BCUT2D eigenvalue weighted by atomic mass is 10.2. The summed E-state index contributed by atoms with van der Waals surface area (Å²) in [7, 11) is 0. The van der Waals surface area contributed by atoms with Gasteiger partial charge in [-0.25, -0.2) is 0 Å². The van der Waals surface area contributed by atoms with E-state index in [1.165, 1.54) is 5.56 Å². The molecule has 0 saturated carbocycles. The van der Waals surface area contributed by atoms with Crippen LogP contribution in [0.3, 0.4) is 0 Å². The quantitative estimate of drug-likeness (QED) is 0.651. The lowest BCUT2D eigenvalue weighted by Gasteiger charge is -2.03. The first kappa shape index (κ1) is 12.4. The van der Waals surface area contributed by atoms with Gasteiger partial charge in [-0.05, 0) is 51.5 Å². The largest absolute Gasteiger partial charge is 0.460 e. The summed E-state index contributed by atoms with van der Waals surface area (Å²) < 4.78 is 5.61. The molecule has 0 bridgehead atoms. The van der Waals surface area contributed by atoms with Gasteiger partial charge in [0.05, 0.1) is 5.69 Å². The van der Waals surface area contributed by atoms with Crippen molar-refractivity contribution in [3.05, 3.63) is 53.0 Å². The number of nitrogens with zero attached hydrogens (tertiary/aromatic N) is 1. The van der Waals surface area contributed by atoms with Gasteiger partial charge in [-0.3, -0.25) is 5.43 Å². The second-order valence-electron chi connectivity index (χ2n) is 4.54. The van der Waals surface area contributed by atoms with Crippen molar-refractivity contribution in [2.75, 3.05) is 5.43 Å². The van der Waals surface area contributed by atoms with Crippen molar-refractivity contribution in [1.82, 2.24) is 0 Å². The van der Waals surface area contributed by atoms with Gasteiger partial charge in [0, 0.05) is 0 Å². The summed E-state index contributed by atoms with van der Waals surface area (Å²) in [6.45, 7) is 7.97. The van der Waals surface area contributed by atoms with Crippen LogP contribution in [0.15, 0.2) is 39.9 Å². The number of anilines is 1. The summed E-state index contributed by atoms with van der Waals surface area (Å²) in [5.41, 5.74) is 7.20. The molecule has 2 aromatic rings. The summed E-state index contributed by atoms with van der Waals surface area (Å²) in [5.74, 6) is 1.75. The Morgan fingerprint density at radius 2 is 1.78 bits per heavy atom. The highest BCUT2D eigenvalue weighted by Crippen LogP contribution is 2.15. The molecule has 1 aromatic heterocycles. The molecule has 0 radical (unpaired) electrons. The SMILES string of the molecule is C/C(=N\Nc1ccc(C)cc1)c1oc(C)cc1C. The molecule has 3 nitrogen and oxygen atoms in total. The smallest absolute Gasteiger partial charge is 0.152 e. The lowest BCUT2D eigenvalue weighted by molar-refractivity contribution is 0.523. The van der Waals surface area contributed by atoms with E-state index in [1.54, 1.807) is 0 Å². The molecule has 1 N–H and O–H groups in total. The second-order valence-corrected chi connectivity index (χ2v) is 4.54. The molecule has 0 atom stereocenters. The molecule has 18 heavy (non-hydrogen) atoms. The Balaban J connectivity index is 2.14. The number of hydrazone groups is 1. The maximum atomic E-state index is 5.61. The standard InChI is InChI=1S/C15H18N2O/c1-10-5-7-14(8-6-10)17-16-13(4)15-11(2)9-12(3)18-15/h5-9,17H,1-4H3/b16-13+. The second kappa shape index (κ2) is 5.08. The Bertz CT molecular complexity index is 565. The highest BCUT2D eigenvalue weighted by molar-refractivity contribution is 5.97. The number of hydrogen-bond acceptors (Lipinski definition) is 3. The Labute approximate surface area is 108 Å². The first-order chi connectivity index (χ1) is 8.56. The molecule has 1 aromatic carbocycles. The van der Waals surface area contributed by atoms with Crippen LogP contribution in [0.1, 0.15) is 29.6 Å². The predicted molar refractivity (Wildman–Crippen MR) is 75.2 cm³/mol. The van der Waals surface area contributed by atoms with Crippen molar-refractivity contribution in [3.8, 4) is 0 Å². The van der Waals surface area contributed by atoms with Crippen molar-refractivity contribution < 1.29 is 4.42 Å². The van der Waals surface area contributed by atoms with Crippen LogP contribution in [0.5, 0.6) is 0 Å². The fourth-order valence-electron chi connectivity index (χ4n) is 1.83. The monoisotopic (exact) mass is 242 g/mol. The van der Waals surface area contributed by atoms with Gasteiger partial charge in [0.2, 0.25) is 0 Å². The number of aryl methyl sites for hydroxylation is 3. The van der Waals surface area contributed by atoms with E-state index < -0.39 is 0 Å². The molecule has 0 fully saturated rings. The van der Waals surface area contributed by atoms with Gasteiger partial charge in [-0.2, -0.15) is 5.10 Å². The minimum Gasteiger partial charge on any atom is -0.460 e. The molecular formula is C15H18N2O. The summed E-state index contributed by atoms with van der Waals surface area (Å²) in [6.07, 6.45) is 0. The molecule has 2 rings (SSSR count). The van der Waals surface area contributed by atoms with Crippen LogP contribution in [0.4, 0.5) is 5.69 Å². The zero-order valence-corrected chi connectivity index (χ0v) is 11.2. The molecule has 0 saturated heterocycles. The first-order valence-electron chi connectivity index (χ1n) is 6.00. The van der Waals surface area contributed by atoms with E-state index in [0.717, 1.165) is 28.5 Å². The van der Waals surface area contributed by atoms with Crippen LogP contribution < -0.4 is 5.43 Å². The van der Waals surface area contributed by atoms with E-state index in [1.807, 2.05) is 39.0 Å². The van der Waals surface area contributed by atoms with E-state index in [4.69, 9.17) is 4.42 Å². The molecule has 94 valence electrons. The van der Waals surface area contributed by atoms with Gasteiger partial charge < -0.3 is 4.42 Å². The van der Waals surface area contributed by atoms with Gasteiger partial charge in [0.25, 0.3) is 0 Å². The van der Waals surface area contributed by atoms with E-state index >= 15 is 0 Å². The average molecular weight is 242 g/mol. The van der Waals surface area contributed by atoms with Crippen LogP contribution in [0, 0.1) is 20.8 Å². The highest BCUT2D eigenvalue weighted by Gasteiger charge is 2.07. The fraction of sp³-hybridized carbons (Fsp3) is 0.267. The van der Waals surface area contributed by atoms with Gasteiger partial charge in [0.15, 0.2) is 5.76 Å². The third-order valence-corrected chi connectivity index (χ3v) is 2.77. The summed E-state index contributed by atoms with van der Waals surface area (Å²) >= 11 is 0. The minimum atomic E-state index is 0.840. The summed E-state index contributed by atoms with van der Waals surface area (Å²) in [6, 6.07) is 10.1. The molecule has 0 spiro atoms. The molecule has 0 amide bonds. The third-order valence-electron chi connectivity index (χ3n) is 2.77.